The van der Waals surface area contributed by atoms with E-state index in [-0.39, 0.29) is 13.2 Å². The molecule has 2 rings (SSSR count). The number of aromatic nitrogens is 2. The lowest BCUT2D eigenvalue weighted by Crippen LogP contribution is -2.41. The summed E-state index contributed by atoms with van der Waals surface area (Å²) in [5.74, 6) is -3.32. The minimum Gasteiger partial charge on any atom is -0.385 e. The molecular formula is C14H16F2N2O2. The molecule has 4 nitrogen and oxygen atoms in total. The zero-order chi connectivity index (χ0) is 14.4. The van der Waals surface area contributed by atoms with E-state index in [0.717, 1.165) is 5.56 Å². The van der Waals surface area contributed by atoms with Crippen LogP contribution in [0.1, 0.15) is 5.56 Å². The molecule has 1 aromatic carbocycles. The molecule has 0 spiro atoms. The molecule has 0 bridgehead atoms. The minimum atomic E-state index is -3.32. The fourth-order valence-corrected chi connectivity index (χ4v) is 1.69. The molecule has 0 saturated carbocycles. The maximum atomic E-state index is 13.7. The van der Waals surface area contributed by atoms with Gasteiger partial charge in [0.2, 0.25) is 0 Å². The molecular weight excluding hydrogens is 266 g/mol. The predicted octanol–water partition coefficient (Wildman–Crippen LogP) is 2.10. The van der Waals surface area contributed by atoms with Gasteiger partial charge in [-0.1, -0.05) is 30.3 Å². The van der Waals surface area contributed by atoms with Gasteiger partial charge in [0.1, 0.15) is 12.7 Å². The van der Waals surface area contributed by atoms with Crippen molar-refractivity contribution < 1.29 is 18.6 Å². The molecule has 0 aliphatic rings. The van der Waals surface area contributed by atoms with Crippen LogP contribution in [0, 0.1) is 0 Å². The molecule has 0 amide bonds. The van der Waals surface area contributed by atoms with Crippen molar-refractivity contribution in [3.63, 3.8) is 0 Å². The molecule has 0 saturated heterocycles. The number of rotatable bonds is 7. The van der Waals surface area contributed by atoms with E-state index in [1.54, 1.807) is 18.2 Å². The lowest BCUT2D eigenvalue weighted by atomic mass is 10.2. The van der Waals surface area contributed by atoms with Crippen LogP contribution in [-0.4, -0.2) is 33.5 Å². The van der Waals surface area contributed by atoms with Crippen molar-refractivity contribution in [2.75, 3.05) is 6.61 Å². The molecule has 108 valence electrons. The summed E-state index contributed by atoms with van der Waals surface area (Å²) in [6.07, 6.45) is 1.15. The van der Waals surface area contributed by atoms with E-state index in [4.69, 9.17) is 4.74 Å². The standard InChI is InChI=1S/C14H16F2N2O2/c15-14(16,13(19)9-18-8-4-7-17-18)11-20-10-12-5-2-1-3-6-12/h1-8,13,19H,9-11H2/t13-/m0/s1. The average molecular weight is 282 g/mol. The number of ether oxygens (including phenoxy) is 1. The Morgan fingerprint density at radius 2 is 2.00 bits per heavy atom. The van der Waals surface area contributed by atoms with Crippen LogP contribution in [0.15, 0.2) is 48.8 Å². The van der Waals surface area contributed by atoms with Gasteiger partial charge in [-0.3, -0.25) is 4.68 Å². The average Bonchev–Trinajstić information content (AvgIpc) is 2.92. The van der Waals surface area contributed by atoms with Crippen LogP contribution < -0.4 is 0 Å². The zero-order valence-corrected chi connectivity index (χ0v) is 10.8. The smallest absolute Gasteiger partial charge is 0.298 e. The highest BCUT2D eigenvalue weighted by molar-refractivity contribution is 5.13. The van der Waals surface area contributed by atoms with Gasteiger partial charge in [-0.2, -0.15) is 5.10 Å². The van der Waals surface area contributed by atoms with Gasteiger partial charge in [0.25, 0.3) is 5.92 Å². The van der Waals surface area contributed by atoms with Crippen molar-refractivity contribution in [1.82, 2.24) is 9.78 Å². The number of hydrogen-bond donors (Lipinski definition) is 1. The summed E-state index contributed by atoms with van der Waals surface area (Å²) >= 11 is 0. The fourth-order valence-electron chi connectivity index (χ4n) is 1.69. The fraction of sp³-hybridized carbons (Fsp3) is 0.357. The molecule has 1 N–H and O–H groups in total. The number of hydrogen-bond acceptors (Lipinski definition) is 3. The van der Waals surface area contributed by atoms with Crippen molar-refractivity contribution >= 4 is 0 Å². The van der Waals surface area contributed by atoms with Gasteiger partial charge < -0.3 is 9.84 Å². The Kier molecular flexibility index (Phi) is 4.81. The van der Waals surface area contributed by atoms with Gasteiger partial charge in [-0.25, -0.2) is 8.78 Å². The van der Waals surface area contributed by atoms with E-state index in [1.165, 1.54) is 17.1 Å². The Hall–Kier alpha value is -1.79. The summed E-state index contributed by atoms with van der Waals surface area (Å²) in [6.45, 7) is -1.01. The lowest BCUT2D eigenvalue weighted by Gasteiger charge is -2.22. The van der Waals surface area contributed by atoms with Crippen LogP contribution in [0.3, 0.4) is 0 Å². The first-order chi connectivity index (χ1) is 9.58. The van der Waals surface area contributed by atoms with E-state index >= 15 is 0 Å². The van der Waals surface area contributed by atoms with Crippen LogP contribution in [0.4, 0.5) is 8.78 Å². The summed E-state index contributed by atoms with van der Waals surface area (Å²) in [5, 5.41) is 13.3. The molecule has 1 aromatic heterocycles. The molecule has 0 unspecified atom stereocenters. The first-order valence-electron chi connectivity index (χ1n) is 6.23. The van der Waals surface area contributed by atoms with Gasteiger partial charge >= 0.3 is 0 Å². The van der Waals surface area contributed by atoms with Gasteiger partial charge in [-0.15, -0.1) is 0 Å². The third kappa shape index (κ3) is 4.11. The first kappa shape index (κ1) is 14.6. The Balaban J connectivity index is 1.80. The van der Waals surface area contributed by atoms with Crippen molar-refractivity contribution in [2.24, 2.45) is 0 Å². The molecule has 20 heavy (non-hydrogen) atoms. The predicted molar refractivity (Wildman–Crippen MR) is 69.3 cm³/mol. The molecule has 2 aromatic rings. The van der Waals surface area contributed by atoms with Crippen molar-refractivity contribution in [1.29, 1.82) is 0 Å². The van der Waals surface area contributed by atoms with Gasteiger partial charge in [0.05, 0.1) is 13.2 Å². The van der Waals surface area contributed by atoms with Gasteiger partial charge in [-0.05, 0) is 11.6 Å². The summed E-state index contributed by atoms with van der Waals surface area (Å²) in [7, 11) is 0. The largest absolute Gasteiger partial charge is 0.385 e. The summed E-state index contributed by atoms with van der Waals surface area (Å²) in [6, 6.07) is 10.6. The number of aliphatic hydroxyl groups excluding tert-OH is 1. The van der Waals surface area contributed by atoms with E-state index in [1.807, 2.05) is 18.2 Å². The maximum Gasteiger partial charge on any atom is 0.298 e. The minimum absolute atomic E-state index is 0.0882. The topological polar surface area (TPSA) is 47.3 Å². The Labute approximate surface area is 115 Å². The summed E-state index contributed by atoms with van der Waals surface area (Å²) in [4.78, 5) is 0. The second-order valence-corrected chi connectivity index (χ2v) is 4.48. The molecule has 1 atom stereocenters. The van der Waals surface area contributed by atoms with Gasteiger partial charge in [0.15, 0.2) is 0 Å². The number of benzene rings is 1. The molecule has 1 heterocycles. The summed E-state index contributed by atoms with van der Waals surface area (Å²) in [5.41, 5.74) is 0.810. The Morgan fingerprint density at radius 1 is 1.25 bits per heavy atom. The highest BCUT2D eigenvalue weighted by atomic mass is 19.3. The highest BCUT2D eigenvalue weighted by Crippen LogP contribution is 2.21. The van der Waals surface area contributed by atoms with E-state index in [2.05, 4.69) is 5.10 Å². The first-order valence-corrected chi connectivity index (χ1v) is 6.23. The number of alkyl halides is 2. The molecule has 0 aliphatic carbocycles. The van der Waals surface area contributed by atoms with Crippen LogP contribution in [0.5, 0.6) is 0 Å². The summed E-state index contributed by atoms with van der Waals surface area (Å²) < 4.78 is 33.6. The molecule has 0 radical (unpaired) electrons. The van der Waals surface area contributed by atoms with Crippen molar-refractivity contribution in [3.8, 4) is 0 Å². The third-order valence-corrected chi connectivity index (χ3v) is 2.81. The maximum absolute atomic E-state index is 13.7. The Morgan fingerprint density at radius 3 is 2.65 bits per heavy atom. The number of nitrogens with zero attached hydrogens (tertiary/aromatic N) is 2. The van der Waals surface area contributed by atoms with Crippen LogP contribution >= 0.6 is 0 Å². The monoisotopic (exact) mass is 282 g/mol. The molecule has 0 fully saturated rings. The highest BCUT2D eigenvalue weighted by Gasteiger charge is 2.39. The van der Waals surface area contributed by atoms with Crippen LogP contribution in [0.25, 0.3) is 0 Å². The third-order valence-electron chi connectivity index (χ3n) is 2.81. The lowest BCUT2D eigenvalue weighted by molar-refractivity contribution is -0.157. The molecule has 0 aliphatic heterocycles. The molecule has 6 heteroatoms. The van der Waals surface area contributed by atoms with Crippen molar-refractivity contribution in [3.05, 3.63) is 54.4 Å². The quantitative estimate of drug-likeness (QED) is 0.846. The van der Waals surface area contributed by atoms with Gasteiger partial charge in [0, 0.05) is 12.4 Å². The second kappa shape index (κ2) is 6.58. The Bertz CT molecular complexity index is 503. The van der Waals surface area contributed by atoms with Crippen LogP contribution in [-0.2, 0) is 17.9 Å². The van der Waals surface area contributed by atoms with Crippen molar-refractivity contribution in [2.45, 2.75) is 25.2 Å². The number of halogens is 2. The van der Waals surface area contributed by atoms with E-state index in [9.17, 15) is 13.9 Å². The van der Waals surface area contributed by atoms with E-state index in [0.29, 0.717) is 0 Å². The second-order valence-electron chi connectivity index (χ2n) is 4.48. The zero-order valence-electron chi connectivity index (χ0n) is 10.8. The van der Waals surface area contributed by atoms with Crippen LogP contribution in [0.2, 0.25) is 0 Å². The van der Waals surface area contributed by atoms with E-state index < -0.39 is 18.6 Å². The SMILES string of the molecule is O[C@@H](Cn1cccn1)C(F)(F)COCc1ccccc1. The normalized spacial score (nSPS) is 13.3. The number of aliphatic hydroxyl groups is 1.